The minimum absolute atomic E-state index is 0.0309. The summed E-state index contributed by atoms with van der Waals surface area (Å²) in [7, 11) is 1.72. The number of hydrogen-bond acceptors (Lipinski definition) is 5. The van der Waals surface area contributed by atoms with Crippen molar-refractivity contribution in [2.75, 3.05) is 46.6 Å². The number of carbonyl (C=O) groups is 1. The molecule has 1 heterocycles. The summed E-state index contributed by atoms with van der Waals surface area (Å²) in [6.45, 7) is 11.5. The maximum absolute atomic E-state index is 11.7. The summed E-state index contributed by atoms with van der Waals surface area (Å²) in [6.07, 6.45) is 3.21. The molecule has 0 aromatic heterocycles. The van der Waals surface area contributed by atoms with Crippen molar-refractivity contribution in [1.29, 1.82) is 0 Å². The van der Waals surface area contributed by atoms with Crippen LogP contribution in [-0.4, -0.2) is 57.7 Å². The molecule has 1 saturated heterocycles. The molecule has 0 radical (unpaired) electrons. The average Bonchev–Trinajstić information content (AvgIpc) is 2.88. The highest BCUT2D eigenvalue weighted by atomic mass is 16.7. The smallest absolute Gasteiger partial charge is 0.315 e. The van der Waals surface area contributed by atoms with Crippen LogP contribution in [-0.2, 0) is 21.5 Å². The molecule has 7 heteroatoms. The third-order valence-electron chi connectivity index (χ3n) is 6.45. The van der Waals surface area contributed by atoms with Crippen LogP contribution < -0.4 is 15.4 Å². The van der Waals surface area contributed by atoms with Crippen molar-refractivity contribution in [3.8, 4) is 16.9 Å². The molecule has 0 bridgehead atoms. The fraction of sp³-hybridized carbons (Fsp3) is 0.536. The average molecular weight is 484 g/mol. The molecular formula is C28H41N3O4. The summed E-state index contributed by atoms with van der Waals surface area (Å²) in [5.41, 5.74) is 4.46. The van der Waals surface area contributed by atoms with Gasteiger partial charge in [-0.05, 0) is 54.0 Å². The number of hydroxylamine groups is 2. The number of urea groups is 1. The Bertz CT molecular complexity index is 942. The molecule has 0 unspecified atom stereocenters. The van der Waals surface area contributed by atoms with Crippen LogP contribution >= 0.6 is 0 Å². The van der Waals surface area contributed by atoms with E-state index in [1.165, 1.54) is 5.56 Å². The highest BCUT2D eigenvalue weighted by molar-refractivity contribution is 5.74. The van der Waals surface area contributed by atoms with E-state index >= 15 is 0 Å². The number of hydrogen-bond donors (Lipinski definition) is 2. The van der Waals surface area contributed by atoms with Gasteiger partial charge in [0.1, 0.15) is 5.75 Å². The molecule has 7 nitrogen and oxygen atoms in total. The molecule has 2 amide bonds. The van der Waals surface area contributed by atoms with E-state index in [2.05, 4.69) is 54.8 Å². The van der Waals surface area contributed by atoms with E-state index in [-0.39, 0.29) is 11.4 Å². The molecule has 35 heavy (non-hydrogen) atoms. The third kappa shape index (κ3) is 8.23. The molecule has 192 valence electrons. The zero-order chi connectivity index (χ0) is 25.1. The Morgan fingerprint density at radius 2 is 1.89 bits per heavy atom. The Hall–Kier alpha value is -2.61. The number of amides is 2. The fourth-order valence-corrected chi connectivity index (χ4v) is 4.29. The first-order valence-electron chi connectivity index (χ1n) is 12.7. The first-order chi connectivity index (χ1) is 16.9. The van der Waals surface area contributed by atoms with Crippen LogP contribution in [0.15, 0.2) is 42.5 Å². The Morgan fingerprint density at radius 3 is 2.63 bits per heavy atom. The lowest BCUT2D eigenvalue weighted by Gasteiger charge is -2.27. The van der Waals surface area contributed by atoms with Crippen LogP contribution in [0.2, 0.25) is 0 Å². The zero-order valence-electron chi connectivity index (χ0n) is 21.7. The fourth-order valence-electron chi connectivity index (χ4n) is 4.29. The largest absolute Gasteiger partial charge is 0.496 e. The Balaban J connectivity index is 1.59. The number of benzene rings is 2. The van der Waals surface area contributed by atoms with Crippen molar-refractivity contribution >= 4 is 6.03 Å². The molecule has 2 N–H and O–H groups in total. The molecule has 2 aromatic rings. The number of rotatable bonds is 12. The van der Waals surface area contributed by atoms with Gasteiger partial charge >= 0.3 is 6.03 Å². The van der Waals surface area contributed by atoms with Gasteiger partial charge in [-0.15, -0.1) is 0 Å². The van der Waals surface area contributed by atoms with Gasteiger partial charge in [-0.2, -0.15) is 5.06 Å². The van der Waals surface area contributed by atoms with Crippen molar-refractivity contribution in [1.82, 2.24) is 15.7 Å². The summed E-state index contributed by atoms with van der Waals surface area (Å²) >= 11 is 0. The standard InChI is InChI=1S/C28H41N3O4/c1-5-29-27(32)30-21-22-9-8-10-23(19-22)25-12-11-24(20-26(25)33-4)28(2,3)13-6-7-16-35-31-14-17-34-18-15-31/h8-12,19-20H,5-7,13-18,21H2,1-4H3,(H2,29,30,32). The highest BCUT2D eigenvalue weighted by Gasteiger charge is 2.22. The quantitative estimate of drug-likeness (QED) is 0.421. The number of methoxy groups -OCH3 is 1. The van der Waals surface area contributed by atoms with Crippen molar-refractivity contribution in [3.05, 3.63) is 53.6 Å². The number of nitrogens with one attached hydrogen (secondary N) is 2. The SMILES string of the molecule is CCNC(=O)NCc1cccc(-c2ccc(C(C)(C)CCCCON3CCOCC3)cc2OC)c1. The third-order valence-corrected chi connectivity index (χ3v) is 6.45. The second-order valence-electron chi connectivity index (χ2n) is 9.54. The Kier molecular flexibility index (Phi) is 10.4. The van der Waals surface area contributed by atoms with Crippen LogP contribution in [0.5, 0.6) is 5.75 Å². The van der Waals surface area contributed by atoms with Crippen molar-refractivity contribution in [3.63, 3.8) is 0 Å². The van der Waals surface area contributed by atoms with Gasteiger partial charge in [0.15, 0.2) is 0 Å². The van der Waals surface area contributed by atoms with Crippen molar-refractivity contribution in [2.24, 2.45) is 0 Å². The number of ether oxygens (including phenoxy) is 2. The molecule has 1 aliphatic rings. The van der Waals surface area contributed by atoms with Gasteiger partial charge < -0.3 is 20.1 Å². The normalized spacial score (nSPS) is 14.5. The monoisotopic (exact) mass is 483 g/mol. The van der Waals surface area contributed by atoms with E-state index in [9.17, 15) is 4.79 Å². The van der Waals surface area contributed by atoms with Crippen LogP contribution in [0.25, 0.3) is 11.1 Å². The van der Waals surface area contributed by atoms with E-state index in [1.807, 2.05) is 24.1 Å². The van der Waals surface area contributed by atoms with E-state index in [4.69, 9.17) is 14.3 Å². The molecular weight excluding hydrogens is 442 g/mol. The van der Waals surface area contributed by atoms with Gasteiger partial charge in [0.2, 0.25) is 0 Å². The van der Waals surface area contributed by atoms with Gasteiger partial charge in [0, 0.05) is 31.7 Å². The van der Waals surface area contributed by atoms with Gasteiger partial charge in [-0.25, -0.2) is 4.79 Å². The molecule has 3 rings (SSSR count). The number of unbranched alkanes of at least 4 members (excludes halogenated alkanes) is 1. The van der Waals surface area contributed by atoms with E-state index in [1.54, 1.807) is 7.11 Å². The molecule has 0 aliphatic carbocycles. The van der Waals surface area contributed by atoms with Gasteiger partial charge in [0.25, 0.3) is 0 Å². The van der Waals surface area contributed by atoms with Crippen LogP contribution in [0.3, 0.4) is 0 Å². The van der Waals surface area contributed by atoms with Crippen molar-refractivity contribution < 1.29 is 19.1 Å². The van der Waals surface area contributed by atoms with E-state index in [0.717, 1.165) is 74.6 Å². The lowest BCUT2D eigenvalue weighted by Crippen LogP contribution is -2.36. The summed E-state index contributed by atoms with van der Waals surface area (Å²) < 4.78 is 11.2. The summed E-state index contributed by atoms with van der Waals surface area (Å²) in [4.78, 5) is 17.6. The predicted molar refractivity (Wildman–Crippen MR) is 140 cm³/mol. The minimum atomic E-state index is -0.158. The maximum Gasteiger partial charge on any atom is 0.315 e. The van der Waals surface area contributed by atoms with E-state index < -0.39 is 0 Å². The molecule has 1 fully saturated rings. The molecule has 1 aliphatic heterocycles. The second kappa shape index (κ2) is 13.5. The van der Waals surface area contributed by atoms with Crippen LogP contribution in [0.1, 0.15) is 51.2 Å². The second-order valence-corrected chi connectivity index (χ2v) is 9.54. The summed E-state index contributed by atoms with van der Waals surface area (Å²) in [5, 5.41) is 7.66. The molecule has 0 saturated carbocycles. The van der Waals surface area contributed by atoms with E-state index in [0.29, 0.717) is 13.1 Å². The number of nitrogens with zero attached hydrogens (tertiary/aromatic N) is 1. The maximum atomic E-state index is 11.7. The molecule has 2 aromatic carbocycles. The minimum Gasteiger partial charge on any atom is -0.496 e. The van der Waals surface area contributed by atoms with Gasteiger partial charge in [0.05, 0.1) is 26.9 Å². The van der Waals surface area contributed by atoms with Gasteiger partial charge in [-0.3, -0.25) is 4.84 Å². The zero-order valence-corrected chi connectivity index (χ0v) is 21.7. The summed E-state index contributed by atoms with van der Waals surface area (Å²) in [6, 6.07) is 14.6. The highest BCUT2D eigenvalue weighted by Crippen LogP contribution is 2.37. The Labute approximate surface area is 210 Å². The lowest BCUT2D eigenvalue weighted by atomic mass is 9.79. The first-order valence-corrected chi connectivity index (χ1v) is 12.7. The topological polar surface area (TPSA) is 72.1 Å². The summed E-state index contributed by atoms with van der Waals surface area (Å²) in [5.74, 6) is 0.861. The number of carbonyl (C=O) groups excluding carboxylic acids is 1. The number of morpholine rings is 1. The van der Waals surface area contributed by atoms with Gasteiger partial charge in [-0.1, -0.05) is 50.6 Å². The lowest BCUT2D eigenvalue weighted by molar-refractivity contribution is -0.194. The molecule has 0 atom stereocenters. The van der Waals surface area contributed by atoms with Crippen molar-refractivity contribution in [2.45, 2.75) is 52.0 Å². The van der Waals surface area contributed by atoms with Crippen LogP contribution in [0, 0.1) is 0 Å². The Morgan fingerprint density at radius 1 is 1.09 bits per heavy atom. The van der Waals surface area contributed by atoms with Crippen LogP contribution in [0.4, 0.5) is 4.79 Å². The first kappa shape index (κ1) is 27.0. The predicted octanol–water partition coefficient (Wildman–Crippen LogP) is 4.89. The molecule has 0 spiro atoms.